The lowest BCUT2D eigenvalue weighted by atomic mass is 10.2. The third kappa shape index (κ3) is 5.36. The number of carbonyl (C=O) groups excluding carboxylic acids is 2. The standard InChI is InChI=1S/C23H20ClN3O2S2/c1-26(12-16-5-3-2-4-6-16)21(28)13-27-22(29)15-31-23(27)11-20-25-19(14-30-20)17-7-9-18(24)10-8-17/h2-11,14H,12-13,15H2,1H3/b23-11-. The molecule has 0 atom stereocenters. The van der Waals surface area contributed by atoms with Crippen molar-refractivity contribution in [1.29, 1.82) is 0 Å². The van der Waals surface area contributed by atoms with Gasteiger partial charge in [-0.2, -0.15) is 0 Å². The van der Waals surface area contributed by atoms with Gasteiger partial charge in [0, 0.05) is 35.6 Å². The average Bonchev–Trinajstić information content (AvgIpc) is 3.37. The highest BCUT2D eigenvalue weighted by molar-refractivity contribution is 8.04. The summed E-state index contributed by atoms with van der Waals surface area (Å²) >= 11 is 8.89. The molecule has 0 unspecified atom stereocenters. The molecule has 0 aliphatic carbocycles. The minimum atomic E-state index is -0.105. The van der Waals surface area contributed by atoms with E-state index in [0.29, 0.717) is 17.3 Å². The number of hydrogen-bond donors (Lipinski definition) is 0. The molecule has 1 aliphatic heterocycles. The summed E-state index contributed by atoms with van der Waals surface area (Å²) in [5.74, 6) is 0.162. The molecule has 2 heterocycles. The monoisotopic (exact) mass is 469 g/mol. The van der Waals surface area contributed by atoms with Crippen molar-refractivity contribution < 1.29 is 9.59 Å². The van der Waals surface area contributed by atoms with Crippen molar-refractivity contribution in [2.24, 2.45) is 0 Å². The van der Waals surface area contributed by atoms with E-state index >= 15 is 0 Å². The minimum absolute atomic E-state index is 0.0242. The van der Waals surface area contributed by atoms with E-state index in [1.165, 1.54) is 23.1 Å². The van der Waals surface area contributed by atoms with Crippen molar-refractivity contribution in [3.05, 3.63) is 80.6 Å². The summed E-state index contributed by atoms with van der Waals surface area (Å²) in [5, 5.41) is 4.20. The number of hydrogen-bond acceptors (Lipinski definition) is 5. The molecule has 1 fully saturated rings. The Morgan fingerprint density at radius 2 is 1.94 bits per heavy atom. The second-order valence-electron chi connectivity index (χ2n) is 7.06. The molecule has 158 valence electrons. The number of carbonyl (C=O) groups is 2. The van der Waals surface area contributed by atoms with Gasteiger partial charge in [0.2, 0.25) is 11.8 Å². The molecule has 0 spiro atoms. The fraction of sp³-hybridized carbons (Fsp3) is 0.174. The molecule has 1 aromatic heterocycles. The molecule has 2 amide bonds. The van der Waals surface area contributed by atoms with Crippen LogP contribution in [0.3, 0.4) is 0 Å². The first-order valence-corrected chi connectivity index (χ1v) is 11.9. The van der Waals surface area contributed by atoms with Gasteiger partial charge >= 0.3 is 0 Å². The van der Waals surface area contributed by atoms with Crippen LogP contribution in [0.2, 0.25) is 5.02 Å². The van der Waals surface area contributed by atoms with E-state index in [1.807, 2.05) is 66.1 Å². The minimum Gasteiger partial charge on any atom is -0.340 e. The number of amides is 2. The Balaban J connectivity index is 1.46. The SMILES string of the molecule is CN(Cc1ccccc1)C(=O)CN1C(=O)CS/C1=C\c1nc(-c2ccc(Cl)cc2)cs1. The van der Waals surface area contributed by atoms with Gasteiger partial charge in [-0.05, 0) is 17.7 Å². The Morgan fingerprint density at radius 1 is 1.19 bits per heavy atom. The number of benzene rings is 2. The van der Waals surface area contributed by atoms with Gasteiger partial charge in [-0.15, -0.1) is 11.3 Å². The highest BCUT2D eigenvalue weighted by Gasteiger charge is 2.29. The van der Waals surface area contributed by atoms with Crippen molar-refractivity contribution in [1.82, 2.24) is 14.8 Å². The molecule has 1 saturated heterocycles. The fourth-order valence-corrected chi connectivity index (χ4v) is 5.01. The van der Waals surface area contributed by atoms with E-state index in [-0.39, 0.29) is 18.4 Å². The van der Waals surface area contributed by atoms with E-state index in [9.17, 15) is 9.59 Å². The quantitative estimate of drug-likeness (QED) is 0.510. The van der Waals surface area contributed by atoms with Gasteiger partial charge in [0.25, 0.3) is 0 Å². The molecule has 5 nitrogen and oxygen atoms in total. The zero-order valence-corrected chi connectivity index (χ0v) is 19.2. The lowest BCUT2D eigenvalue weighted by Gasteiger charge is -2.22. The molecule has 0 radical (unpaired) electrons. The van der Waals surface area contributed by atoms with E-state index in [4.69, 9.17) is 11.6 Å². The van der Waals surface area contributed by atoms with Crippen LogP contribution < -0.4 is 0 Å². The first-order chi connectivity index (χ1) is 15.0. The van der Waals surface area contributed by atoms with Crippen molar-refractivity contribution in [2.75, 3.05) is 19.3 Å². The molecule has 1 aliphatic rings. The molecule has 8 heteroatoms. The first-order valence-electron chi connectivity index (χ1n) is 9.64. The Bertz CT molecular complexity index is 1110. The Hall–Kier alpha value is -2.61. The van der Waals surface area contributed by atoms with Crippen LogP contribution in [0.25, 0.3) is 17.3 Å². The topological polar surface area (TPSA) is 53.5 Å². The van der Waals surface area contributed by atoms with Gasteiger partial charge in [0.05, 0.1) is 16.5 Å². The number of rotatable bonds is 6. The van der Waals surface area contributed by atoms with Crippen LogP contribution in [-0.4, -0.2) is 45.9 Å². The Kier molecular flexibility index (Phi) is 6.75. The van der Waals surface area contributed by atoms with Crippen LogP contribution in [0, 0.1) is 0 Å². The number of aromatic nitrogens is 1. The summed E-state index contributed by atoms with van der Waals surface area (Å²) in [7, 11) is 1.76. The predicted molar refractivity (Wildman–Crippen MR) is 128 cm³/mol. The summed E-state index contributed by atoms with van der Waals surface area (Å²) in [6, 6.07) is 17.3. The van der Waals surface area contributed by atoms with Gasteiger partial charge in [0.15, 0.2) is 0 Å². The lowest BCUT2D eigenvalue weighted by molar-refractivity contribution is -0.136. The smallest absolute Gasteiger partial charge is 0.242 e. The number of likely N-dealkylation sites (N-methyl/N-ethyl adjacent to an activating group) is 1. The molecule has 4 rings (SSSR count). The van der Waals surface area contributed by atoms with E-state index in [2.05, 4.69) is 4.98 Å². The normalized spacial score (nSPS) is 15.0. The van der Waals surface area contributed by atoms with Gasteiger partial charge in [-0.3, -0.25) is 14.5 Å². The fourth-order valence-electron chi connectivity index (χ4n) is 3.11. The summed E-state index contributed by atoms with van der Waals surface area (Å²) in [5.41, 5.74) is 2.89. The molecule has 0 N–H and O–H groups in total. The predicted octanol–water partition coefficient (Wildman–Crippen LogP) is 5.00. The number of thioether (sulfide) groups is 1. The van der Waals surface area contributed by atoms with Crippen LogP contribution in [-0.2, 0) is 16.1 Å². The van der Waals surface area contributed by atoms with Crippen LogP contribution in [0.1, 0.15) is 10.6 Å². The maximum absolute atomic E-state index is 12.7. The number of nitrogens with zero attached hydrogens (tertiary/aromatic N) is 3. The lowest BCUT2D eigenvalue weighted by Crippen LogP contribution is -2.38. The number of halogens is 1. The summed E-state index contributed by atoms with van der Waals surface area (Å²) in [6.07, 6.45) is 1.88. The first kappa shape index (κ1) is 21.6. The highest BCUT2D eigenvalue weighted by Crippen LogP contribution is 2.32. The maximum Gasteiger partial charge on any atom is 0.242 e. The van der Waals surface area contributed by atoms with E-state index in [0.717, 1.165) is 26.9 Å². The largest absolute Gasteiger partial charge is 0.340 e. The van der Waals surface area contributed by atoms with E-state index in [1.54, 1.807) is 16.8 Å². The second-order valence-corrected chi connectivity index (χ2v) is 9.39. The third-order valence-electron chi connectivity index (χ3n) is 4.80. The Labute approximate surface area is 194 Å². The zero-order chi connectivity index (χ0) is 21.8. The molecular formula is C23H20ClN3O2S2. The molecule has 3 aromatic rings. The molecule has 2 aromatic carbocycles. The van der Waals surface area contributed by atoms with Crippen molar-refractivity contribution in [3.63, 3.8) is 0 Å². The second kappa shape index (κ2) is 9.68. The van der Waals surface area contributed by atoms with Gasteiger partial charge in [-0.25, -0.2) is 4.98 Å². The van der Waals surface area contributed by atoms with Crippen molar-refractivity contribution in [3.8, 4) is 11.3 Å². The number of thiazole rings is 1. The molecular weight excluding hydrogens is 450 g/mol. The van der Waals surface area contributed by atoms with Crippen LogP contribution in [0.5, 0.6) is 0 Å². The maximum atomic E-state index is 12.7. The molecule has 31 heavy (non-hydrogen) atoms. The van der Waals surface area contributed by atoms with Gasteiger partial charge in [-0.1, -0.05) is 65.8 Å². The van der Waals surface area contributed by atoms with Crippen LogP contribution in [0.15, 0.2) is 65.0 Å². The summed E-state index contributed by atoms with van der Waals surface area (Å²) < 4.78 is 0. The molecule has 0 bridgehead atoms. The molecule has 0 saturated carbocycles. The summed E-state index contributed by atoms with van der Waals surface area (Å²) in [6.45, 7) is 0.529. The van der Waals surface area contributed by atoms with Gasteiger partial charge in [0.1, 0.15) is 11.6 Å². The van der Waals surface area contributed by atoms with E-state index < -0.39 is 0 Å². The highest BCUT2D eigenvalue weighted by atomic mass is 35.5. The van der Waals surface area contributed by atoms with Crippen molar-refractivity contribution >= 4 is 52.6 Å². The van der Waals surface area contributed by atoms with Crippen LogP contribution >= 0.6 is 34.7 Å². The Morgan fingerprint density at radius 3 is 2.68 bits per heavy atom. The third-order valence-corrected chi connectivity index (χ3v) is 6.87. The average molecular weight is 470 g/mol. The van der Waals surface area contributed by atoms with Crippen molar-refractivity contribution in [2.45, 2.75) is 6.54 Å². The zero-order valence-electron chi connectivity index (χ0n) is 16.8. The van der Waals surface area contributed by atoms with Crippen LogP contribution in [0.4, 0.5) is 0 Å². The van der Waals surface area contributed by atoms with Gasteiger partial charge < -0.3 is 4.90 Å². The summed E-state index contributed by atoms with van der Waals surface area (Å²) in [4.78, 5) is 33.0.